The summed E-state index contributed by atoms with van der Waals surface area (Å²) in [6.07, 6.45) is 5.83. The van der Waals surface area contributed by atoms with Crippen LogP contribution in [0.4, 0.5) is 0 Å². The first-order valence-electron chi connectivity index (χ1n) is 7.24. The summed E-state index contributed by atoms with van der Waals surface area (Å²) in [5, 5.41) is 5.38. The van der Waals surface area contributed by atoms with Crippen molar-refractivity contribution in [2.45, 2.75) is 44.9 Å². The molecule has 0 atom stereocenters. The second kappa shape index (κ2) is 9.34. The molecule has 20 heavy (non-hydrogen) atoms. The van der Waals surface area contributed by atoms with Crippen LogP contribution < -0.4 is 10.6 Å². The lowest BCUT2D eigenvalue weighted by molar-refractivity contribution is -0.140. The van der Waals surface area contributed by atoms with Gasteiger partial charge in [-0.1, -0.05) is 12.8 Å². The van der Waals surface area contributed by atoms with E-state index in [1.54, 1.807) is 0 Å². The van der Waals surface area contributed by atoms with Crippen molar-refractivity contribution in [1.82, 2.24) is 10.6 Å². The minimum absolute atomic E-state index is 0.0108. The highest BCUT2D eigenvalue weighted by Gasteiger charge is 2.22. The number of hydrogen-bond acceptors (Lipinski definition) is 4. The van der Waals surface area contributed by atoms with E-state index >= 15 is 0 Å². The molecule has 0 saturated heterocycles. The summed E-state index contributed by atoms with van der Waals surface area (Å²) >= 11 is 0. The Hall–Kier alpha value is -1.59. The molecule has 1 fully saturated rings. The fraction of sp³-hybridized carbons (Fsp3) is 0.786. The second-order valence-electron chi connectivity index (χ2n) is 5.08. The lowest BCUT2D eigenvalue weighted by Crippen LogP contribution is -2.39. The zero-order chi connectivity index (χ0) is 14.8. The summed E-state index contributed by atoms with van der Waals surface area (Å²) in [4.78, 5) is 34.0. The number of methoxy groups -OCH3 is 1. The lowest BCUT2D eigenvalue weighted by atomic mass is 10.1. The van der Waals surface area contributed by atoms with E-state index in [0.29, 0.717) is 19.4 Å². The molecule has 0 aliphatic heterocycles. The first-order chi connectivity index (χ1) is 9.63. The van der Waals surface area contributed by atoms with Gasteiger partial charge in [0.25, 0.3) is 0 Å². The smallest absolute Gasteiger partial charge is 0.305 e. The number of nitrogens with one attached hydrogen (secondary N) is 2. The van der Waals surface area contributed by atoms with Crippen LogP contribution in [0.1, 0.15) is 44.9 Å². The van der Waals surface area contributed by atoms with E-state index in [1.165, 1.54) is 7.11 Å². The van der Waals surface area contributed by atoms with Crippen molar-refractivity contribution in [2.24, 2.45) is 5.92 Å². The van der Waals surface area contributed by atoms with Crippen molar-refractivity contribution in [2.75, 3.05) is 20.2 Å². The molecule has 6 heteroatoms. The van der Waals surface area contributed by atoms with Gasteiger partial charge in [-0.25, -0.2) is 0 Å². The molecule has 1 rings (SSSR count). The largest absolute Gasteiger partial charge is 0.469 e. The predicted octanol–water partition coefficient (Wildman–Crippen LogP) is 0.752. The van der Waals surface area contributed by atoms with E-state index in [1.807, 2.05) is 0 Å². The fourth-order valence-electron chi connectivity index (χ4n) is 2.29. The van der Waals surface area contributed by atoms with Crippen LogP contribution in [-0.4, -0.2) is 38.0 Å². The van der Waals surface area contributed by atoms with Gasteiger partial charge >= 0.3 is 5.97 Å². The molecule has 0 radical (unpaired) electrons. The summed E-state index contributed by atoms with van der Waals surface area (Å²) in [7, 11) is 1.36. The van der Waals surface area contributed by atoms with Crippen molar-refractivity contribution in [3.63, 3.8) is 0 Å². The van der Waals surface area contributed by atoms with Crippen LogP contribution in [0.15, 0.2) is 0 Å². The summed E-state index contributed by atoms with van der Waals surface area (Å²) < 4.78 is 4.52. The number of carbonyl (C=O) groups excluding carboxylic acids is 3. The highest BCUT2D eigenvalue weighted by molar-refractivity contribution is 5.85. The Bertz CT molecular complexity index is 338. The van der Waals surface area contributed by atoms with Crippen molar-refractivity contribution in [1.29, 1.82) is 0 Å². The average molecular weight is 284 g/mol. The van der Waals surface area contributed by atoms with Crippen molar-refractivity contribution >= 4 is 17.8 Å². The Morgan fingerprint density at radius 1 is 1.10 bits per heavy atom. The van der Waals surface area contributed by atoms with Gasteiger partial charge in [0, 0.05) is 18.9 Å². The predicted molar refractivity (Wildman–Crippen MR) is 73.8 cm³/mol. The third-order valence-corrected chi connectivity index (χ3v) is 3.51. The number of ether oxygens (including phenoxy) is 1. The van der Waals surface area contributed by atoms with E-state index in [-0.39, 0.29) is 30.2 Å². The third-order valence-electron chi connectivity index (χ3n) is 3.51. The SMILES string of the molecule is COC(=O)CCCCNC(=O)CNC(=O)C1CCCC1. The molecule has 1 aliphatic carbocycles. The fourth-order valence-corrected chi connectivity index (χ4v) is 2.29. The second-order valence-corrected chi connectivity index (χ2v) is 5.08. The molecule has 114 valence electrons. The Labute approximate surface area is 119 Å². The molecule has 1 aliphatic rings. The van der Waals surface area contributed by atoms with Crippen LogP contribution >= 0.6 is 0 Å². The number of esters is 1. The number of carbonyl (C=O) groups is 3. The van der Waals surface area contributed by atoms with Gasteiger partial charge in [0.2, 0.25) is 11.8 Å². The maximum absolute atomic E-state index is 11.7. The minimum Gasteiger partial charge on any atom is -0.469 e. The summed E-state index contributed by atoms with van der Waals surface area (Å²) in [6.45, 7) is 0.543. The molecule has 1 saturated carbocycles. The van der Waals surface area contributed by atoms with Crippen LogP contribution in [0.3, 0.4) is 0 Å². The van der Waals surface area contributed by atoms with Gasteiger partial charge in [-0.15, -0.1) is 0 Å². The third kappa shape index (κ3) is 6.54. The Morgan fingerprint density at radius 3 is 2.45 bits per heavy atom. The molecule has 0 bridgehead atoms. The summed E-state index contributed by atoms with van der Waals surface area (Å²) in [5.41, 5.74) is 0. The quantitative estimate of drug-likeness (QED) is 0.509. The normalized spacial score (nSPS) is 14.8. The van der Waals surface area contributed by atoms with Crippen LogP contribution in [0.25, 0.3) is 0 Å². The lowest BCUT2D eigenvalue weighted by Gasteiger charge is -2.10. The number of amides is 2. The topological polar surface area (TPSA) is 84.5 Å². The van der Waals surface area contributed by atoms with E-state index in [4.69, 9.17) is 0 Å². The Morgan fingerprint density at radius 2 is 1.80 bits per heavy atom. The van der Waals surface area contributed by atoms with E-state index in [2.05, 4.69) is 15.4 Å². The molecule has 0 aromatic heterocycles. The number of rotatable bonds is 8. The van der Waals surface area contributed by atoms with Gasteiger partial charge in [-0.3, -0.25) is 14.4 Å². The maximum Gasteiger partial charge on any atom is 0.305 e. The van der Waals surface area contributed by atoms with Gasteiger partial charge in [-0.05, 0) is 25.7 Å². The maximum atomic E-state index is 11.7. The van der Waals surface area contributed by atoms with Gasteiger partial charge in [-0.2, -0.15) is 0 Å². The highest BCUT2D eigenvalue weighted by atomic mass is 16.5. The van der Waals surface area contributed by atoms with E-state index in [0.717, 1.165) is 32.1 Å². The van der Waals surface area contributed by atoms with Crippen molar-refractivity contribution in [3.05, 3.63) is 0 Å². The molecule has 0 heterocycles. The summed E-state index contributed by atoms with van der Waals surface area (Å²) in [5.74, 6) is -0.347. The van der Waals surface area contributed by atoms with Crippen molar-refractivity contribution in [3.8, 4) is 0 Å². The standard InChI is InChI=1S/C14H24N2O4/c1-20-13(18)8-4-5-9-15-12(17)10-16-14(19)11-6-2-3-7-11/h11H,2-10H2,1H3,(H,15,17)(H,16,19). The van der Waals surface area contributed by atoms with Crippen LogP contribution in [-0.2, 0) is 19.1 Å². The van der Waals surface area contributed by atoms with Gasteiger partial charge in [0.15, 0.2) is 0 Å². The van der Waals surface area contributed by atoms with Gasteiger partial charge in [0.05, 0.1) is 13.7 Å². The first-order valence-corrected chi connectivity index (χ1v) is 7.24. The molecule has 2 N–H and O–H groups in total. The zero-order valence-corrected chi connectivity index (χ0v) is 12.1. The highest BCUT2D eigenvalue weighted by Crippen LogP contribution is 2.24. The molecular weight excluding hydrogens is 260 g/mol. The molecule has 0 aromatic rings. The Balaban J connectivity index is 2.00. The van der Waals surface area contributed by atoms with Gasteiger partial charge < -0.3 is 15.4 Å². The van der Waals surface area contributed by atoms with Crippen LogP contribution in [0.2, 0.25) is 0 Å². The van der Waals surface area contributed by atoms with E-state index < -0.39 is 0 Å². The molecule has 0 unspecified atom stereocenters. The number of hydrogen-bond donors (Lipinski definition) is 2. The monoisotopic (exact) mass is 284 g/mol. The minimum atomic E-state index is -0.236. The molecule has 0 spiro atoms. The zero-order valence-electron chi connectivity index (χ0n) is 12.1. The average Bonchev–Trinajstić information content (AvgIpc) is 2.98. The summed E-state index contributed by atoms with van der Waals surface area (Å²) in [6, 6.07) is 0. The number of unbranched alkanes of at least 4 members (excludes halogenated alkanes) is 1. The van der Waals surface area contributed by atoms with Crippen molar-refractivity contribution < 1.29 is 19.1 Å². The molecular formula is C14H24N2O4. The molecule has 2 amide bonds. The molecule has 6 nitrogen and oxygen atoms in total. The van der Waals surface area contributed by atoms with E-state index in [9.17, 15) is 14.4 Å². The van der Waals surface area contributed by atoms with Gasteiger partial charge in [0.1, 0.15) is 0 Å². The molecule has 0 aromatic carbocycles. The first kappa shape index (κ1) is 16.5. The van der Waals surface area contributed by atoms with Crippen LogP contribution in [0, 0.1) is 5.92 Å². The van der Waals surface area contributed by atoms with Crippen LogP contribution in [0.5, 0.6) is 0 Å². The Kier molecular flexibility index (Phi) is 7.69.